The number of nitrogens with one attached hydrogen (secondary N) is 1. The standard InChI is InChI=1S/C16H21NO3/c1-10(2)12-6-5-7-13(11(3)4)16(12)17-14(18)8-9-15(19)20/h5-11H,1-4H3,(H,17,18)(H,19,20)/p-1. The largest absolute Gasteiger partial charge is 0.545 e. The molecule has 0 heterocycles. The van der Waals surface area contributed by atoms with Crippen LogP contribution in [0.4, 0.5) is 5.69 Å². The number of benzene rings is 1. The van der Waals surface area contributed by atoms with E-state index in [4.69, 9.17) is 0 Å². The number of aliphatic carboxylic acids is 1. The Balaban J connectivity index is 3.14. The van der Waals surface area contributed by atoms with Crippen LogP contribution in [0.5, 0.6) is 0 Å². The van der Waals surface area contributed by atoms with E-state index in [-0.39, 0.29) is 11.8 Å². The highest BCUT2D eigenvalue weighted by atomic mass is 16.4. The second kappa shape index (κ2) is 6.89. The van der Waals surface area contributed by atoms with Crippen molar-refractivity contribution in [3.05, 3.63) is 41.5 Å². The number of anilines is 1. The quantitative estimate of drug-likeness (QED) is 0.837. The first kappa shape index (κ1) is 16.0. The number of carboxylic acid groups (broad SMARTS) is 1. The van der Waals surface area contributed by atoms with Crippen molar-refractivity contribution in [2.45, 2.75) is 39.5 Å². The molecule has 0 aromatic heterocycles. The zero-order valence-electron chi connectivity index (χ0n) is 12.3. The van der Waals surface area contributed by atoms with Crippen LogP contribution in [-0.4, -0.2) is 11.9 Å². The van der Waals surface area contributed by atoms with Crippen molar-refractivity contribution in [3.8, 4) is 0 Å². The fraction of sp³-hybridized carbons (Fsp3) is 0.375. The van der Waals surface area contributed by atoms with Crippen LogP contribution in [0.2, 0.25) is 0 Å². The van der Waals surface area contributed by atoms with Crippen LogP contribution in [0, 0.1) is 0 Å². The first-order valence-corrected chi connectivity index (χ1v) is 6.65. The van der Waals surface area contributed by atoms with E-state index < -0.39 is 11.9 Å². The number of carbonyl (C=O) groups is 2. The van der Waals surface area contributed by atoms with E-state index in [1.165, 1.54) is 0 Å². The van der Waals surface area contributed by atoms with Gasteiger partial charge in [0, 0.05) is 11.8 Å². The maximum absolute atomic E-state index is 11.8. The molecule has 4 heteroatoms. The van der Waals surface area contributed by atoms with Crippen LogP contribution in [-0.2, 0) is 9.59 Å². The third-order valence-electron chi connectivity index (χ3n) is 2.99. The molecule has 1 N–H and O–H groups in total. The van der Waals surface area contributed by atoms with Gasteiger partial charge in [0.1, 0.15) is 0 Å². The normalized spacial score (nSPS) is 11.3. The van der Waals surface area contributed by atoms with Gasteiger partial charge in [0.05, 0.1) is 5.97 Å². The highest BCUT2D eigenvalue weighted by Crippen LogP contribution is 2.32. The van der Waals surface area contributed by atoms with Gasteiger partial charge in [-0.25, -0.2) is 0 Å². The van der Waals surface area contributed by atoms with Gasteiger partial charge < -0.3 is 15.2 Å². The Morgan fingerprint density at radius 1 is 1.05 bits per heavy atom. The maximum atomic E-state index is 11.8. The Hall–Kier alpha value is -2.10. The van der Waals surface area contributed by atoms with Crippen molar-refractivity contribution in [1.82, 2.24) is 0 Å². The first-order valence-electron chi connectivity index (χ1n) is 6.65. The predicted octanol–water partition coefficient (Wildman–Crippen LogP) is 2.18. The molecule has 0 aliphatic rings. The average Bonchev–Trinajstić information content (AvgIpc) is 2.36. The summed E-state index contributed by atoms with van der Waals surface area (Å²) in [5, 5.41) is 13.1. The lowest BCUT2D eigenvalue weighted by atomic mass is 9.92. The number of carbonyl (C=O) groups excluding carboxylic acids is 2. The molecule has 0 spiro atoms. The zero-order valence-corrected chi connectivity index (χ0v) is 12.3. The molecule has 4 nitrogen and oxygen atoms in total. The lowest BCUT2D eigenvalue weighted by Gasteiger charge is -2.19. The van der Waals surface area contributed by atoms with Gasteiger partial charge in [-0.3, -0.25) is 4.79 Å². The van der Waals surface area contributed by atoms with E-state index in [1.54, 1.807) is 0 Å². The van der Waals surface area contributed by atoms with Crippen molar-refractivity contribution in [1.29, 1.82) is 0 Å². The SMILES string of the molecule is CC(C)c1cccc(C(C)C)c1NC(=O)C=CC(=O)[O-]. The molecule has 0 aliphatic carbocycles. The molecular formula is C16H20NO3-. The summed E-state index contributed by atoms with van der Waals surface area (Å²) in [5.41, 5.74) is 2.84. The summed E-state index contributed by atoms with van der Waals surface area (Å²) < 4.78 is 0. The number of rotatable bonds is 5. The Morgan fingerprint density at radius 3 is 1.95 bits per heavy atom. The number of hydrogen-bond acceptors (Lipinski definition) is 3. The predicted molar refractivity (Wildman–Crippen MR) is 77.4 cm³/mol. The third-order valence-corrected chi connectivity index (χ3v) is 2.99. The van der Waals surface area contributed by atoms with Gasteiger partial charge in [0.2, 0.25) is 5.91 Å². The van der Waals surface area contributed by atoms with E-state index in [0.717, 1.165) is 29.0 Å². The molecule has 0 saturated carbocycles. The van der Waals surface area contributed by atoms with Crippen molar-refractivity contribution < 1.29 is 14.7 Å². The number of hydrogen-bond donors (Lipinski definition) is 1. The molecule has 1 amide bonds. The molecule has 20 heavy (non-hydrogen) atoms. The summed E-state index contributed by atoms with van der Waals surface area (Å²) in [4.78, 5) is 22.1. The van der Waals surface area contributed by atoms with Gasteiger partial charge in [-0.1, -0.05) is 45.9 Å². The summed E-state index contributed by atoms with van der Waals surface area (Å²) >= 11 is 0. The Labute approximate surface area is 119 Å². The van der Waals surface area contributed by atoms with Crippen molar-refractivity contribution >= 4 is 17.6 Å². The Kier molecular flexibility index (Phi) is 5.50. The van der Waals surface area contributed by atoms with Gasteiger partial charge in [-0.15, -0.1) is 0 Å². The Morgan fingerprint density at radius 2 is 1.55 bits per heavy atom. The summed E-state index contributed by atoms with van der Waals surface area (Å²) in [6, 6.07) is 5.90. The summed E-state index contributed by atoms with van der Waals surface area (Å²) in [6.45, 7) is 8.19. The van der Waals surface area contributed by atoms with Crippen LogP contribution in [0.1, 0.15) is 50.7 Å². The molecule has 0 fully saturated rings. The molecule has 1 aromatic rings. The summed E-state index contributed by atoms with van der Waals surface area (Å²) in [6.07, 6.45) is 1.69. The van der Waals surface area contributed by atoms with Crippen molar-refractivity contribution in [3.63, 3.8) is 0 Å². The van der Waals surface area contributed by atoms with E-state index in [1.807, 2.05) is 45.9 Å². The van der Waals surface area contributed by atoms with Gasteiger partial charge >= 0.3 is 0 Å². The second-order valence-corrected chi connectivity index (χ2v) is 5.26. The lowest BCUT2D eigenvalue weighted by molar-refractivity contribution is -0.297. The molecular weight excluding hydrogens is 254 g/mol. The Bertz CT molecular complexity index is 504. The van der Waals surface area contributed by atoms with Crippen LogP contribution >= 0.6 is 0 Å². The van der Waals surface area contributed by atoms with Crippen molar-refractivity contribution in [2.75, 3.05) is 5.32 Å². The van der Waals surface area contributed by atoms with E-state index in [9.17, 15) is 14.7 Å². The summed E-state index contributed by atoms with van der Waals surface area (Å²) in [5.74, 6) is -1.34. The fourth-order valence-corrected chi connectivity index (χ4v) is 2.00. The first-order chi connectivity index (χ1) is 9.32. The highest BCUT2D eigenvalue weighted by Gasteiger charge is 2.14. The molecule has 0 radical (unpaired) electrons. The minimum Gasteiger partial charge on any atom is -0.545 e. The number of carboxylic acids is 1. The molecule has 108 valence electrons. The van der Waals surface area contributed by atoms with Crippen LogP contribution < -0.4 is 10.4 Å². The third kappa shape index (κ3) is 4.23. The van der Waals surface area contributed by atoms with Gasteiger partial charge in [0.25, 0.3) is 0 Å². The molecule has 0 bridgehead atoms. The number of amides is 1. The number of para-hydroxylation sites is 1. The monoisotopic (exact) mass is 274 g/mol. The highest BCUT2D eigenvalue weighted by molar-refractivity contribution is 6.03. The van der Waals surface area contributed by atoms with Gasteiger partial charge in [0.15, 0.2) is 0 Å². The zero-order chi connectivity index (χ0) is 15.3. The van der Waals surface area contributed by atoms with E-state index in [0.29, 0.717) is 0 Å². The van der Waals surface area contributed by atoms with Gasteiger partial charge in [-0.2, -0.15) is 0 Å². The minimum atomic E-state index is -1.39. The molecule has 0 saturated heterocycles. The topological polar surface area (TPSA) is 69.2 Å². The van der Waals surface area contributed by atoms with E-state index in [2.05, 4.69) is 5.32 Å². The van der Waals surface area contributed by atoms with Crippen LogP contribution in [0.3, 0.4) is 0 Å². The molecule has 0 atom stereocenters. The smallest absolute Gasteiger partial charge is 0.248 e. The van der Waals surface area contributed by atoms with Crippen LogP contribution in [0.15, 0.2) is 30.4 Å². The lowest BCUT2D eigenvalue weighted by Crippen LogP contribution is -2.20. The van der Waals surface area contributed by atoms with Crippen LogP contribution in [0.25, 0.3) is 0 Å². The molecule has 0 aliphatic heterocycles. The minimum absolute atomic E-state index is 0.258. The molecule has 0 unspecified atom stereocenters. The van der Waals surface area contributed by atoms with Crippen molar-refractivity contribution in [2.24, 2.45) is 0 Å². The van der Waals surface area contributed by atoms with E-state index >= 15 is 0 Å². The van der Waals surface area contributed by atoms with Gasteiger partial charge in [-0.05, 0) is 29.0 Å². The average molecular weight is 274 g/mol. The summed E-state index contributed by atoms with van der Waals surface area (Å²) in [7, 11) is 0. The second-order valence-electron chi connectivity index (χ2n) is 5.26. The maximum Gasteiger partial charge on any atom is 0.248 e. The fourth-order valence-electron chi connectivity index (χ4n) is 2.00. The molecule has 1 aromatic carbocycles. The molecule has 1 rings (SSSR count).